The SMILES string of the molecule is CCCCCN(CC(=O)N(C)CCCC)S(C)(=O)=O. The van der Waals surface area contributed by atoms with Crippen LogP contribution in [-0.2, 0) is 14.8 Å². The van der Waals surface area contributed by atoms with E-state index in [4.69, 9.17) is 0 Å². The minimum Gasteiger partial charge on any atom is -0.345 e. The zero-order valence-corrected chi connectivity index (χ0v) is 13.5. The van der Waals surface area contributed by atoms with Crippen molar-refractivity contribution in [3.05, 3.63) is 0 Å². The topological polar surface area (TPSA) is 57.7 Å². The van der Waals surface area contributed by atoms with E-state index < -0.39 is 10.0 Å². The number of likely N-dealkylation sites (N-methyl/N-ethyl adjacent to an activating group) is 1. The number of unbranched alkanes of at least 4 members (excludes halogenated alkanes) is 3. The predicted molar refractivity (Wildman–Crippen MR) is 78.5 cm³/mol. The van der Waals surface area contributed by atoms with Crippen molar-refractivity contribution in [2.75, 3.05) is 32.9 Å². The number of carbonyl (C=O) groups is 1. The molecule has 6 heteroatoms. The van der Waals surface area contributed by atoms with E-state index in [9.17, 15) is 13.2 Å². The van der Waals surface area contributed by atoms with Crippen molar-refractivity contribution in [2.24, 2.45) is 0 Å². The molecule has 0 atom stereocenters. The predicted octanol–water partition coefficient (Wildman–Crippen LogP) is 1.70. The maximum atomic E-state index is 12.0. The molecule has 5 nitrogen and oxygen atoms in total. The summed E-state index contributed by atoms with van der Waals surface area (Å²) < 4.78 is 24.6. The van der Waals surface area contributed by atoms with Gasteiger partial charge < -0.3 is 4.90 Å². The molecule has 0 aromatic carbocycles. The lowest BCUT2D eigenvalue weighted by atomic mass is 10.2. The summed E-state index contributed by atoms with van der Waals surface area (Å²) in [6.07, 6.45) is 5.93. The van der Waals surface area contributed by atoms with Crippen LogP contribution in [0, 0.1) is 0 Å². The molecule has 19 heavy (non-hydrogen) atoms. The Balaban J connectivity index is 4.43. The second-order valence-corrected chi connectivity index (χ2v) is 6.95. The normalized spacial score (nSPS) is 11.8. The smallest absolute Gasteiger partial charge is 0.237 e. The third kappa shape index (κ3) is 8.21. The van der Waals surface area contributed by atoms with Crippen molar-refractivity contribution in [1.82, 2.24) is 9.21 Å². The molecule has 0 radical (unpaired) electrons. The summed E-state index contributed by atoms with van der Waals surface area (Å²) in [7, 11) is -1.58. The first-order valence-electron chi connectivity index (χ1n) is 7.02. The summed E-state index contributed by atoms with van der Waals surface area (Å²) >= 11 is 0. The van der Waals surface area contributed by atoms with Gasteiger partial charge in [0.15, 0.2) is 0 Å². The molecule has 0 fully saturated rings. The van der Waals surface area contributed by atoms with Crippen molar-refractivity contribution in [1.29, 1.82) is 0 Å². The van der Waals surface area contributed by atoms with Crippen LogP contribution in [0.2, 0.25) is 0 Å². The number of nitrogens with zero attached hydrogens (tertiary/aromatic N) is 2. The summed E-state index contributed by atoms with van der Waals surface area (Å²) in [6.45, 7) is 5.20. The molecular weight excluding hydrogens is 264 g/mol. The van der Waals surface area contributed by atoms with Crippen LogP contribution < -0.4 is 0 Å². The Morgan fingerprint density at radius 2 is 1.58 bits per heavy atom. The van der Waals surface area contributed by atoms with Crippen molar-refractivity contribution in [2.45, 2.75) is 46.0 Å². The molecule has 0 aliphatic rings. The molecule has 1 amide bonds. The average molecular weight is 292 g/mol. The molecule has 0 saturated carbocycles. The summed E-state index contributed by atoms with van der Waals surface area (Å²) in [5.74, 6) is -0.129. The van der Waals surface area contributed by atoms with Gasteiger partial charge in [0.2, 0.25) is 15.9 Å². The number of carbonyl (C=O) groups excluding carboxylic acids is 1. The van der Waals surface area contributed by atoms with Crippen LogP contribution in [0.25, 0.3) is 0 Å². The molecule has 0 rings (SSSR count). The Morgan fingerprint density at radius 1 is 1.00 bits per heavy atom. The van der Waals surface area contributed by atoms with Crippen molar-refractivity contribution in [3.63, 3.8) is 0 Å². The van der Waals surface area contributed by atoms with E-state index in [1.165, 1.54) is 4.31 Å². The van der Waals surface area contributed by atoms with Crippen LogP contribution in [0.3, 0.4) is 0 Å². The molecule has 0 aliphatic carbocycles. The quantitative estimate of drug-likeness (QED) is 0.576. The highest BCUT2D eigenvalue weighted by atomic mass is 32.2. The van der Waals surface area contributed by atoms with Gasteiger partial charge in [0, 0.05) is 20.1 Å². The Labute approximate surface area is 118 Å². The zero-order valence-electron chi connectivity index (χ0n) is 12.7. The number of amides is 1. The van der Waals surface area contributed by atoms with Crippen LogP contribution >= 0.6 is 0 Å². The van der Waals surface area contributed by atoms with Gasteiger partial charge in [0.05, 0.1) is 12.8 Å². The van der Waals surface area contributed by atoms with E-state index in [1.807, 2.05) is 0 Å². The summed E-state index contributed by atoms with van der Waals surface area (Å²) in [5, 5.41) is 0. The fourth-order valence-electron chi connectivity index (χ4n) is 1.69. The monoisotopic (exact) mass is 292 g/mol. The van der Waals surface area contributed by atoms with Gasteiger partial charge in [0.25, 0.3) is 0 Å². The summed E-state index contributed by atoms with van der Waals surface area (Å²) in [4.78, 5) is 13.6. The lowest BCUT2D eigenvalue weighted by Crippen LogP contribution is -2.41. The molecule has 0 bridgehead atoms. The Kier molecular flexibility index (Phi) is 9.01. The lowest BCUT2D eigenvalue weighted by molar-refractivity contribution is -0.130. The highest BCUT2D eigenvalue weighted by Gasteiger charge is 2.21. The highest BCUT2D eigenvalue weighted by molar-refractivity contribution is 7.88. The largest absolute Gasteiger partial charge is 0.345 e. The van der Waals surface area contributed by atoms with Crippen LogP contribution in [0.5, 0.6) is 0 Å². The maximum Gasteiger partial charge on any atom is 0.237 e. The molecule has 0 aliphatic heterocycles. The van der Waals surface area contributed by atoms with Crippen molar-refractivity contribution in [3.8, 4) is 0 Å². The number of rotatable bonds is 10. The maximum absolute atomic E-state index is 12.0. The lowest BCUT2D eigenvalue weighted by Gasteiger charge is -2.23. The van der Waals surface area contributed by atoms with Gasteiger partial charge >= 0.3 is 0 Å². The van der Waals surface area contributed by atoms with Crippen LogP contribution in [0.1, 0.15) is 46.0 Å². The average Bonchev–Trinajstić information content (AvgIpc) is 2.33. The Hall–Kier alpha value is -0.620. The fourth-order valence-corrected chi connectivity index (χ4v) is 2.50. The van der Waals surface area contributed by atoms with E-state index in [1.54, 1.807) is 11.9 Å². The third-order valence-corrected chi connectivity index (χ3v) is 4.31. The summed E-state index contributed by atoms with van der Waals surface area (Å²) in [6, 6.07) is 0. The van der Waals surface area contributed by atoms with E-state index in [2.05, 4.69) is 13.8 Å². The molecule has 0 saturated heterocycles. The van der Waals surface area contributed by atoms with Crippen molar-refractivity contribution < 1.29 is 13.2 Å². The number of sulfonamides is 1. The molecule has 114 valence electrons. The first-order chi connectivity index (χ1) is 8.82. The molecule has 0 aromatic rings. The van der Waals surface area contributed by atoms with Gasteiger partial charge in [-0.1, -0.05) is 33.1 Å². The first kappa shape index (κ1) is 18.4. The van der Waals surface area contributed by atoms with Gasteiger partial charge in [-0.15, -0.1) is 0 Å². The van der Waals surface area contributed by atoms with Crippen LogP contribution in [-0.4, -0.2) is 56.5 Å². The van der Waals surface area contributed by atoms with Gasteiger partial charge in [-0.05, 0) is 12.8 Å². The molecule has 0 aromatic heterocycles. The van der Waals surface area contributed by atoms with E-state index in [-0.39, 0.29) is 12.5 Å². The van der Waals surface area contributed by atoms with Crippen LogP contribution in [0.4, 0.5) is 0 Å². The van der Waals surface area contributed by atoms with Gasteiger partial charge in [-0.25, -0.2) is 8.42 Å². The molecule has 0 N–H and O–H groups in total. The van der Waals surface area contributed by atoms with Gasteiger partial charge in [-0.2, -0.15) is 4.31 Å². The molecular formula is C13H28N2O3S. The number of hydrogen-bond acceptors (Lipinski definition) is 3. The Bertz CT molecular complexity index is 355. The first-order valence-corrected chi connectivity index (χ1v) is 8.86. The second kappa shape index (κ2) is 9.31. The van der Waals surface area contributed by atoms with E-state index in [0.717, 1.165) is 38.4 Å². The third-order valence-electron chi connectivity index (χ3n) is 3.06. The van der Waals surface area contributed by atoms with E-state index in [0.29, 0.717) is 13.1 Å². The number of hydrogen-bond donors (Lipinski definition) is 0. The molecule has 0 unspecified atom stereocenters. The minimum absolute atomic E-state index is 0.0389. The van der Waals surface area contributed by atoms with Gasteiger partial charge in [-0.3, -0.25) is 4.79 Å². The van der Waals surface area contributed by atoms with Crippen molar-refractivity contribution >= 4 is 15.9 Å². The minimum atomic E-state index is -3.31. The molecule has 0 spiro atoms. The molecule has 0 heterocycles. The zero-order chi connectivity index (χ0) is 14.9. The Morgan fingerprint density at radius 3 is 2.05 bits per heavy atom. The fraction of sp³-hybridized carbons (Fsp3) is 0.923. The summed E-state index contributed by atoms with van der Waals surface area (Å²) in [5.41, 5.74) is 0. The van der Waals surface area contributed by atoms with E-state index >= 15 is 0 Å². The highest BCUT2D eigenvalue weighted by Crippen LogP contribution is 2.05. The van der Waals surface area contributed by atoms with Crippen LogP contribution in [0.15, 0.2) is 0 Å². The standard InChI is InChI=1S/C13H28N2O3S/c1-5-7-9-11-15(19(4,17)18)12-13(16)14(3)10-8-6-2/h5-12H2,1-4H3. The second-order valence-electron chi connectivity index (χ2n) is 4.97. The van der Waals surface area contributed by atoms with Gasteiger partial charge in [0.1, 0.15) is 0 Å².